The molecule has 0 aliphatic carbocycles. The molecule has 0 aliphatic rings. The fourth-order valence-electron chi connectivity index (χ4n) is 2.05. The van der Waals surface area contributed by atoms with E-state index in [1.54, 1.807) is 0 Å². The van der Waals surface area contributed by atoms with Gasteiger partial charge in [0.1, 0.15) is 0 Å². The lowest BCUT2D eigenvalue weighted by Crippen LogP contribution is -2.11. The maximum Gasteiger partial charge on any atom is 0.0231 e. The number of hydrogen-bond acceptors (Lipinski definition) is 2. The van der Waals surface area contributed by atoms with Crippen molar-refractivity contribution in [2.45, 2.75) is 37.5 Å². The number of aryl methyl sites for hydroxylation is 1. The molecule has 0 spiro atoms. The Labute approximate surface area is 126 Å². The summed E-state index contributed by atoms with van der Waals surface area (Å²) in [5.74, 6) is 1.04. The van der Waals surface area contributed by atoms with Crippen LogP contribution in [0.5, 0.6) is 0 Å². The van der Waals surface area contributed by atoms with Gasteiger partial charge >= 0.3 is 0 Å². The predicted octanol–water partition coefficient (Wildman–Crippen LogP) is 4.65. The van der Waals surface area contributed by atoms with Gasteiger partial charge in [-0.1, -0.05) is 50.2 Å². The van der Waals surface area contributed by atoms with Gasteiger partial charge in [0, 0.05) is 17.2 Å². The molecule has 2 aromatic rings. The number of nitrogens with one attached hydrogen (secondary N) is 1. The first-order valence-electron chi connectivity index (χ1n) is 7.32. The molecule has 1 N–H and O–H groups in total. The van der Waals surface area contributed by atoms with Crippen LogP contribution in [0.15, 0.2) is 53.4 Å². The van der Waals surface area contributed by atoms with Crippen LogP contribution in [0.1, 0.15) is 30.5 Å². The van der Waals surface area contributed by atoms with Gasteiger partial charge in [-0.2, -0.15) is 0 Å². The second-order valence-corrected chi connectivity index (χ2v) is 5.94. The summed E-state index contributed by atoms with van der Waals surface area (Å²) >= 11 is 1.91. The third kappa shape index (κ3) is 4.69. The Morgan fingerprint density at radius 3 is 2.35 bits per heavy atom. The molecule has 2 aromatic carbocycles. The first-order chi connectivity index (χ1) is 9.81. The Morgan fingerprint density at radius 1 is 0.900 bits per heavy atom. The van der Waals surface area contributed by atoms with Crippen molar-refractivity contribution in [1.29, 1.82) is 0 Å². The van der Waals surface area contributed by atoms with Crippen molar-refractivity contribution in [3.05, 3.63) is 65.2 Å². The summed E-state index contributed by atoms with van der Waals surface area (Å²) in [6, 6.07) is 17.8. The molecule has 0 saturated carbocycles. The summed E-state index contributed by atoms with van der Waals surface area (Å²) < 4.78 is 0. The van der Waals surface area contributed by atoms with Gasteiger partial charge in [-0.3, -0.25) is 0 Å². The second kappa shape index (κ2) is 8.13. The lowest BCUT2D eigenvalue weighted by Gasteiger charge is -2.06. The first kappa shape index (κ1) is 15.1. The normalized spacial score (nSPS) is 10.7. The molecule has 2 rings (SSSR count). The molecule has 0 saturated heterocycles. The maximum absolute atomic E-state index is 3.37. The zero-order valence-corrected chi connectivity index (χ0v) is 13.2. The van der Waals surface area contributed by atoms with Gasteiger partial charge < -0.3 is 5.32 Å². The Kier molecular flexibility index (Phi) is 6.16. The maximum atomic E-state index is 3.37. The Morgan fingerprint density at radius 2 is 1.65 bits per heavy atom. The van der Waals surface area contributed by atoms with E-state index in [4.69, 9.17) is 0 Å². The van der Waals surface area contributed by atoms with E-state index in [9.17, 15) is 0 Å². The topological polar surface area (TPSA) is 12.0 Å². The summed E-state index contributed by atoms with van der Waals surface area (Å²) in [6.07, 6.45) is 1.11. The third-order valence-corrected chi connectivity index (χ3v) is 4.38. The molecule has 106 valence electrons. The van der Waals surface area contributed by atoms with Gasteiger partial charge in [-0.25, -0.2) is 0 Å². The van der Waals surface area contributed by atoms with Crippen molar-refractivity contribution in [2.75, 3.05) is 6.54 Å². The standard InChI is InChI=1S/C18H23NS/c1-3-15-8-10-16(11-9-15)14-20-18-7-5-6-17(12-18)13-19-4-2/h5-12,19H,3-4,13-14H2,1-2H3. The van der Waals surface area contributed by atoms with Gasteiger partial charge in [0.25, 0.3) is 0 Å². The summed E-state index contributed by atoms with van der Waals surface area (Å²) in [5, 5.41) is 3.37. The van der Waals surface area contributed by atoms with Crippen LogP contribution in [-0.2, 0) is 18.7 Å². The van der Waals surface area contributed by atoms with Gasteiger partial charge in [0.15, 0.2) is 0 Å². The summed E-state index contributed by atoms with van der Waals surface area (Å²) in [5.41, 5.74) is 4.16. The smallest absolute Gasteiger partial charge is 0.0231 e. The van der Waals surface area contributed by atoms with Crippen LogP contribution in [0.25, 0.3) is 0 Å². The predicted molar refractivity (Wildman–Crippen MR) is 89.2 cm³/mol. The Bertz CT molecular complexity index is 519. The van der Waals surface area contributed by atoms with Crippen molar-refractivity contribution in [1.82, 2.24) is 5.32 Å². The number of thioether (sulfide) groups is 1. The molecule has 0 amide bonds. The minimum absolute atomic E-state index is 0.954. The average molecular weight is 285 g/mol. The van der Waals surface area contributed by atoms with Crippen LogP contribution in [0, 0.1) is 0 Å². The molecule has 0 unspecified atom stereocenters. The molecule has 0 aromatic heterocycles. The van der Waals surface area contributed by atoms with Crippen molar-refractivity contribution in [2.24, 2.45) is 0 Å². The zero-order valence-electron chi connectivity index (χ0n) is 12.4. The highest BCUT2D eigenvalue weighted by Gasteiger charge is 1.99. The van der Waals surface area contributed by atoms with E-state index in [2.05, 4.69) is 67.7 Å². The van der Waals surface area contributed by atoms with E-state index in [1.165, 1.54) is 21.6 Å². The Balaban J connectivity index is 1.92. The molecule has 0 radical (unpaired) electrons. The van der Waals surface area contributed by atoms with E-state index in [0.29, 0.717) is 0 Å². The largest absolute Gasteiger partial charge is 0.313 e. The van der Waals surface area contributed by atoms with Gasteiger partial charge in [0.2, 0.25) is 0 Å². The molecule has 0 heterocycles. The monoisotopic (exact) mass is 285 g/mol. The van der Waals surface area contributed by atoms with Crippen molar-refractivity contribution in [3.63, 3.8) is 0 Å². The van der Waals surface area contributed by atoms with Crippen LogP contribution in [0.4, 0.5) is 0 Å². The molecule has 20 heavy (non-hydrogen) atoms. The lowest BCUT2D eigenvalue weighted by molar-refractivity contribution is 0.725. The molecule has 0 bridgehead atoms. The van der Waals surface area contributed by atoms with Crippen LogP contribution < -0.4 is 5.32 Å². The average Bonchev–Trinajstić information content (AvgIpc) is 2.52. The highest BCUT2D eigenvalue weighted by molar-refractivity contribution is 7.98. The fourth-order valence-corrected chi connectivity index (χ4v) is 2.99. The van der Waals surface area contributed by atoms with E-state index in [-0.39, 0.29) is 0 Å². The first-order valence-corrected chi connectivity index (χ1v) is 8.30. The fraction of sp³-hybridized carbons (Fsp3) is 0.333. The number of benzene rings is 2. The molecule has 0 fully saturated rings. The molecular formula is C18H23NS. The molecule has 0 aliphatic heterocycles. The number of hydrogen-bond donors (Lipinski definition) is 1. The quantitative estimate of drug-likeness (QED) is 0.743. The summed E-state index contributed by atoms with van der Waals surface area (Å²) in [7, 11) is 0. The Hall–Kier alpha value is -1.25. The van der Waals surface area contributed by atoms with Crippen molar-refractivity contribution >= 4 is 11.8 Å². The SMILES string of the molecule is CCNCc1cccc(SCc2ccc(CC)cc2)c1. The van der Waals surface area contributed by atoms with Gasteiger partial charge in [-0.05, 0) is 41.8 Å². The molecular weight excluding hydrogens is 262 g/mol. The molecule has 1 nitrogen and oxygen atoms in total. The van der Waals surface area contributed by atoms with E-state index >= 15 is 0 Å². The minimum atomic E-state index is 0.954. The van der Waals surface area contributed by atoms with Crippen LogP contribution in [0.2, 0.25) is 0 Å². The van der Waals surface area contributed by atoms with Crippen molar-refractivity contribution < 1.29 is 0 Å². The lowest BCUT2D eigenvalue weighted by atomic mass is 10.1. The van der Waals surface area contributed by atoms with Gasteiger partial charge in [-0.15, -0.1) is 11.8 Å². The highest BCUT2D eigenvalue weighted by atomic mass is 32.2. The van der Waals surface area contributed by atoms with Crippen LogP contribution in [0.3, 0.4) is 0 Å². The van der Waals surface area contributed by atoms with E-state index < -0.39 is 0 Å². The molecule has 0 atom stereocenters. The molecule has 2 heteroatoms. The second-order valence-electron chi connectivity index (χ2n) is 4.89. The van der Waals surface area contributed by atoms with Gasteiger partial charge in [0.05, 0.1) is 0 Å². The van der Waals surface area contributed by atoms with Crippen molar-refractivity contribution in [3.8, 4) is 0 Å². The van der Waals surface area contributed by atoms with Crippen LogP contribution >= 0.6 is 11.8 Å². The highest BCUT2D eigenvalue weighted by Crippen LogP contribution is 2.23. The van der Waals surface area contributed by atoms with Crippen LogP contribution in [-0.4, -0.2) is 6.54 Å². The number of rotatable bonds is 7. The minimum Gasteiger partial charge on any atom is -0.313 e. The van der Waals surface area contributed by atoms with E-state index in [1.807, 2.05) is 11.8 Å². The zero-order chi connectivity index (χ0) is 14.2. The summed E-state index contributed by atoms with van der Waals surface area (Å²) in [4.78, 5) is 1.35. The summed E-state index contributed by atoms with van der Waals surface area (Å²) in [6.45, 7) is 6.30. The third-order valence-electron chi connectivity index (χ3n) is 3.31. The van der Waals surface area contributed by atoms with E-state index in [0.717, 1.165) is 25.3 Å².